The van der Waals surface area contributed by atoms with Gasteiger partial charge in [0.1, 0.15) is 0 Å². The number of hydrogen-bond donors (Lipinski definition) is 0. The molecule has 2 heteroatoms. The molecule has 0 atom stereocenters. The summed E-state index contributed by atoms with van der Waals surface area (Å²) in [6.45, 7) is 4.15. The van der Waals surface area contributed by atoms with E-state index in [-0.39, 0.29) is 0 Å². The predicted octanol–water partition coefficient (Wildman–Crippen LogP) is 2.67. The maximum absolute atomic E-state index is 4.14. The van der Waals surface area contributed by atoms with Crippen LogP contribution in [-0.2, 0) is 18.7 Å². The summed E-state index contributed by atoms with van der Waals surface area (Å²) in [5, 5.41) is 0. The number of rotatable bonds is 1. The van der Waals surface area contributed by atoms with Gasteiger partial charge in [0, 0.05) is 0 Å². The third-order valence-corrected chi connectivity index (χ3v) is 1.94. The molecule has 0 spiro atoms. The molecular weight excluding hydrogens is 208 g/mol. The van der Waals surface area contributed by atoms with Crippen molar-refractivity contribution < 1.29 is 18.7 Å². The van der Waals surface area contributed by atoms with E-state index < -0.39 is 0 Å². The number of hydrogen-bond acceptors (Lipinski definition) is 1. The molecule has 1 aromatic rings. The first-order chi connectivity index (χ1) is 4.75. The number of nitrogens with zero attached hydrogens (tertiary/aromatic N) is 1. The van der Waals surface area contributed by atoms with Gasteiger partial charge in [0.05, 0.1) is 0 Å². The fourth-order valence-electron chi connectivity index (χ4n) is 0.939. The Kier molecular flexibility index (Phi) is 2.47. The average molecular weight is 217 g/mol. The van der Waals surface area contributed by atoms with E-state index >= 15 is 0 Å². The van der Waals surface area contributed by atoms with E-state index in [1.807, 2.05) is 18.7 Å². The molecule has 0 aliphatic rings. The molecular formula is C8H9NTc+2. The zero-order valence-corrected chi connectivity index (χ0v) is 7.92. The van der Waals surface area contributed by atoms with E-state index in [1.54, 1.807) is 0 Å². The van der Waals surface area contributed by atoms with Crippen LogP contribution >= 0.6 is 0 Å². The molecule has 0 aliphatic heterocycles. The van der Waals surface area contributed by atoms with E-state index in [1.165, 1.54) is 11.1 Å². The quantitative estimate of drug-likeness (QED) is 0.685. The summed E-state index contributed by atoms with van der Waals surface area (Å²) < 4.78 is 4.14. The molecule has 10 heavy (non-hydrogen) atoms. The van der Waals surface area contributed by atoms with Crippen LogP contribution in [0.25, 0.3) is 0 Å². The van der Waals surface area contributed by atoms with E-state index in [4.69, 9.17) is 0 Å². The van der Waals surface area contributed by atoms with Crippen molar-refractivity contribution in [1.29, 1.82) is 0 Å². The summed E-state index contributed by atoms with van der Waals surface area (Å²) >= 11 is 2.03. The van der Waals surface area contributed by atoms with Gasteiger partial charge in [0.2, 0.25) is 0 Å². The zero-order chi connectivity index (χ0) is 7.56. The molecule has 0 unspecified atom stereocenters. The van der Waals surface area contributed by atoms with Gasteiger partial charge in [-0.15, -0.1) is 0 Å². The standard InChI is InChI=1S/C8H9N.Tc/c1-6-4-3-5-7(2)8(6)9;/h3-5H,1-2H3;/q;+2. The first-order valence-corrected chi connectivity index (χ1v) is 3.97. The molecule has 0 fully saturated rings. The Balaban J connectivity index is 3.30. The van der Waals surface area contributed by atoms with Gasteiger partial charge in [-0.1, -0.05) is 0 Å². The Labute approximate surface area is 71.5 Å². The topological polar surface area (TPSA) is 12.4 Å². The van der Waals surface area contributed by atoms with E-state index in [2.05, 4.69) is 35.7 Å². The van der Waals surface area contributed by atoms with Crippen LogP contribution in [0.4, 0.5) is 5.69 Å². The van der Waals surface area contributed by atoms with Crippen LogP contribution in [0.1, 0.15) is 11.1 Å². The van der Waals surface area contributed by atoms with Gasteiger partial charge in [-0.25, -0.2) is 0 Å². The fraction of sp³-hybridized carbons (Fsp3) is 0.250. The second kappa shape index (κ2) is 3.18. The molecule has 0 heterocycles. The third-order valence-electron chi connectivity index (χ3n) is 1.52. The van der Waals surface area contributed by atoms with Crippen LogP contribution in [0.15, 0.2) is 21.8 Å². The molecule has 0 radical (unpaired) electrons. The molecule has 0 N–H and O–H groups in total. The van der Waals surface area contributed by atoms with Gasteiger partial charge in [-0.3, -0.25) is 0 Å². The van der Waals surface area contributed by atoms with Crippen LogP contribution in [0, 0.1) is 13.8 Å². The van der Waals surface area contributed by atoms with Crippen LogP contribution < -0.4 is 0 Å². The first kappa shape index (κ1) is 7.77. The molecule has 0 bridgehead atoms. The van der Waals surface area contributed by atoms with Gasteiger partial charge in [-0.05, 0) is 0 Å². The van der Waals surface area contributed by atoms with Gasteiger partial charge >= 0.3 is 71.2 Å². The summed E-state index contributed by atoms with van der Waals surface area (Å²) in [6, 6.07) is 6.20. The van der Waals surface area contributed by atoms with E-state index in [0.29, 0.717) is 0 Å². The summed E-state index contributed by atoms with van der Waals surface area (Å²) in [5.41, 5.74) is 3.60. The molecule has 1 nitrogen and oxygen atoms in total. The van der Waals surface area contributed by atoms with Crippen molar-refractivity contribution in [2.45, 2.75) is 13.8 Å². The molecule has 1 aromatic carbocycles. The predicted molar refractivity (Wildman–Crippen MR) is 38.0 cm³/mol. The van der Waals surface area contributed by atoms with Crippen molar-refractivity contribution in [2.24, 2.45) is 3.61 Å². The second-order valence-electron chi connectivity index (χ2n) is 2.32. The van der Waals surface area contributed by atoms with Crippen LogP contribution in [0.3, 0.4) is 0 Å². The van der Waals surface area contributed by atoms with Crippen LogP contribution in [0.2, 0.25) is 0 Å². The van der Waals surface area contributed by atoms with E-state index in [0.717, 1.165) is 5.69 Å². The molecule has 0 saturated carbocycles. The Morgan fingerprint density at radius 3 is 2.00 bits per heavy atom. The second-order valence-corrected chi connectivity index (χ2v) is 2.74. The maximum atomic E-state index is 4.14. The Bertz CT molecular complexity index is 235. The number of aryl methyl sites for hydroxylation is 2. The minimum atomic E-state index is 1.11. The monoisotopic (exact) mass is 216 g/mol. The summed E-state index contributed by atoms with van der Waals surface area (Å²) in [6.07, 6.45) is 0. The number of benzene rings is 1. The SMILES string of the molecule is Cc1cccc(C)c1[N]=[Tc+2]. The Morgan fingerprint density at radius 2 is 1.70 bits per heavy atom. The third kappa shape index (κ3) is 1.39. The Morgan fingerprint density at radius 1 is 1.20 bits per heavy atom. The summed E-state index contributed by atoms with van der Waals surface area (Å²) in [5.74, 6) is 0. The Hall–Kier alpha value is -0.331. The van der Waals surface area contributed by atoms with Crippen molar-refractivity contribution in [2.75, 3.05) is 0 Å². The van der Waals surface area contributed by atoms with E-state index in [9.17, 15) is 0 Å². The normalized spacial score (nSPS) is 9.30. The summed E-state index contributed by atoms with van der Waals surface area (Å²) in [7, 11) is 0. The summed E-state index contributed by atoms with van der Waals surface area (Å²) in [4.78, 5) is 0. The van der Waals surface area contributed by atoms with Crippen LogP contribution in [-0.4, -0.2) is 0 Å². The molecule has 0 saturated heterocycles. The minimum absolute atomic E-state index is 1.11. The molecule has 0 aromatic heterocycles. The van der Waals surface area contributed by atoms with Gasteiger partial charge in [0.25, 0.3) is 0 Å². The van der Waals surface area contributed by atoms with Crippen molar-refractivity contribution in [3.8, 4) is 0 Å². The van der Waals surface area contributed by atoms with Gasteiger partial charge in [-0.2, -0.15) is 0 Å². The van der Waals surface area contributed by atoms with Crippen molar-refractivity contribution >= 4 is 5.69 Å². The van der Waals surface area contributed by atoms with Crippen molar-refractivity contribution in [3.63, 3.8) is 0 Å². The molecule has 51 valence electrons. The fourth-order valence-corrected chi connectivity index (χ4v) is 1.59. The van der Waals surface area contributed by atoms with Gasteiger partial charge in [0.15, 0.2) is 0 Å². The van der Waals surface area contributed by atoms with Crippen molar-refractivity contribution in [3.05, 3.63) is 29.3 Å². The first-order valence-electron chi connectivity index (χ1n) is 3.14. The van der Waals surface area contributed by atoms with Gasteiger partial charge < -0.3 is 0 Å². The average Bonchev–Trinajstić information content (AvgIpc) is 1.88. The molecule has 0 amide bonds. The van der Waals surface area contributed by atoms with Crippen molar-refractivity contribution in [1.82, 2.24) is 0 Å². The molecule has 0 aliphatic carbocycles. The zero-order valence-electron chi connectivity index (χ0n) is 6.06. The van der Waals surface area contributed by atoms with Crippen LogP contribution in [0.5, 0.6) is 0 Å². The molecule has 1 rings (SSSR count).